The van der Waals surface area contributed by atoms with Gasteiger partial charge in [-0.1, -0.05) is 31.2 Å². The predicted molar refractivity (Wildman–Crippen MR) is 176 cm³/mol. The van der Waals surface area contributed by atoms with E-state index < -0.39 is 60.8 Å². The van der Waals surface area contributed by atoms with Crippen LogP contribution in [0, 0.1) is 17.6 Å². The maximum Gasteiger partial charge on any atom is 0.416 e. The molecule has 2 N–H and O–H groups in total. The second kappa shape index (κ2) is 12.9. The van der Waals surface area contributed by atoms with E-state index in [2.05, 4.69) is 40.5 Å². The van der Waals surface area contributed by atoms with Gasteiger partial charge in [0.1, 0.15) is 29.6 Å². The summed E-state index contributed by atoms with van der Waals surface area (Å²) in [5.74, 6) is -4.66. The number of alkyl halides is 3. The Morgan fingerprint density at radius 1 is 1.06 bits per heavy atom. The summed E-state index contributed by atoms with van der Waals surface area (Å²) in [5, 5.41) is 14.0. The molecule has 0 radical (unpaired) electrons. The number of hydrogen-bond acceptors (Lipinski definition) is 5. The Morgan fingerprint density at radius 2 is 1.80 bits per heavy atom. The zero-order chi connectivity index (χ0) is 36.3. The number of amides is 2. The molecule has 262 valence electrons. The third-order valence-electron chi connectivity index (χ3n) is 8.21. The number of carbonyl (C=O) groups is 2. The smallest absolute Gasteiger partial charge is 0.359 e. The number of nitrogens with zero attached hydrogens (tertiary/aromatic N) is 4. The second-order valence-corrected chi connectivity index (χ2v) is 19.1. The minimum absolute atomic E-state index is 0.0104. The number of hydrogen-bond donors (Lipinski definition) is 2. The van der Waals surface area contributed by atoms with Gasteiger partial charge in [-0.05, 0) is 48.5 Å². The van der Waals surface area contributed by atoms with Gasteiger partial charge in [0, 0.05) is 60.1 Å². The third-order valence-corrected chi connectivity index (χ3v) is 10.3. The van der Waals surface area contributed by atoms with Crippen LogP contribution in [0.1, 0.15) is 43.6 Å². The Labute approximate surface area is 287 Å². The van der Waals surface area contributed by atoms with Crippen molar-refractivity contribution in [2.24, 2.45) is 7.05 Å². The van der Waals surface area contributed by atoms with Gasteiger partial charge in [-0.25, -0.2) is 13.5 Å². The van der Waals surface area contributed by atoms with E-state index in [1.807, 2.05) is 0 Å². The molecule has 0 aliphatic carbocycles. The molecule has 0 bridgehead atoms. The zero-order valence-electron chi connectivity index (χ0n) is 27.0. The number of halogens is 7. The van der Waals surface area contributed by atoms with E-state index in [9.17, 15) is 31.5 Å². The maximum absolute atomic E-state index is 16.0. The first-order valence-corrected chi connectivity index (χ1v) is 19.3. The summed E-state index contributed by atoms with van der Waals surface area (Å²) in [7, 11) is 0.0377. The van der Waals surface area contributed by atoms with Crippen molar-refractivity contribution in [2.45, 2.75) is 44.6 Å². The van der Waals surface area contributed by atoms with Crippen molar-refractivity contribution in [3.8, 4) is 11.1 Å². The minimum atomic E-state index is -4.96. The summed E-state index contributed by atoms with van der Waals surface area (Å²) in [6, 6.07) is 5.72. The topological polar surface area (TPSA) is 103 Å². The Balaban J connectivity index is 1.54. The van der Waals surface area contributed by atoms with Crippen molar-refractivity contribution in [1.29, 1.82) is 0 Å². The van der Waals surface area contributed by atoms with Gasteiger partial charge in [0.25, 0.3) is 11.8 Å². The number of aromatic nitrogens is 4. The molecule has 9 nitrogen and oxygen atoms in total. The number of rotatable bonds is 9. The molecular weight excluding hydrogens is 706 g/mol. The molecule has 1 aliphatic rings. The molecule has 0 saturated heterocycles. The fraction of sp³-hybridized carbons (Fsp3) is 0.273. The second-order valence-electron chi connectivity index (χ2n) is 13.0. The van der Waals surface area contributed by atoms with E-state index in [1.54, 1.807) is 0 Å². The Morgan fingerprint density at radius 3 is 2.50 bits per heavy atom. The van der Waals surface area contributed by atoms with E-state index in [0.717, 1.165) is 22.9 Å². The average Bonchev–Trinajstić information content (AvgIpc) is 3.57. The lowest BCUT2D eigenvalue weighted by molar-refractivity contribution is -0.137. The average molecular weight is 735 g/mol. The van der Waals surface area contributed by atoms with Gasteiger partial charge in [-0.3, -0.25) is 14.3 Å². The van der Waals surface area contributed by atoms with E-state index >= 15 is 4.39 Å². The van der Waals surface area contributed by atoms with Crippen LogP contribution < -0.4 is 10.6 Å². The van der Waals surface area contributed by atoms with Crippen molar-refractivity contribution in [1.82, 2.24) is 24.9 Å². The fourth-order valence-corrected chi connectivity index (χ4v) is 6.74. The summed E-state index contributed by atoms with van der Waals surface area (Å²) < 4.78 is 93.3. The van der Waals surface area contributed by atoms with E-state index in [-0.39, 0.29) is 62.4 Å². The van der Waals surface area contributed by atoms with Crippen LogP contribution in [0.4, 0.5) is 32.0 Å². The number of anilines is 1. The number of nitrogens with one attached hydrogen (secondary N) is 2. The fourth-order valence-electron chi connectivity index (χ4n) is 5.75. The van der Waals surface area contributed by atoms with Crippen molar-refractivity contribution < 1.29 is 40.7 Å². The molecule has 0 fully saturated rings. The molecule has 0 saturated carbocycles. The molecule has 6 rings (SSSR count). The Hall–Kier alpha value is -4.67. The molecule has 50 heavy (non-hydrogen) atoms. The minimum Gasteiger partial charge on any atom is -0.359 e. The van der Waals surface area contributed by atoms with Gasteiger partial charge in [0.2, 0.25) is 5.95 Å². The first-order valence-electron chi connectivity index (χ1n) is 15.2. The molecule has 17 heteroatoms. The van der Waals surface area contributed by atoms with Gasteiger partial charge in [-0.2, -0.15) is 27.8 Å². The Bertz CT molecular complexity index is 2180. The summed E-state index contributed by atoms with van der Waals surface area (Å²) in [6.07, 6.45) is -3.75. The number of ether oxygens (including phenoxy) is 1. The normalized spacial score (nSPS) is 14.7. The lowest BCUT2D eigenvalue weighted by Crippen LogP contribution is -2.35. The van der Waals surface area contributed by atoms with Crippen LogP contribution in [0.3, 0.4) is 0 Å². The molecule has 2 aromatic heterocycles. The van der Waals surface area contributed by atoms with E-state index in [1.165, 1.54) is 30.1 Å². The van der Waals surface area contributed by atoms with Crippen LogP contribution in [-0.2, 0) is 24.7 Å². The molecule has 1 aliphatic heterocycles. The molecule has 0 spiro atoms. The Kier molecular flexibility index (Phi) is 9.07. The highest BCUT2D eigenvalue weighted by Crippen LogP contribution is 2.46. The quantitative estimate of drug-likeness (QED) is 0.0910. The summed E-state index contributed by atoms with van der Waals surface area (Å²) in [4.78, 5) is 27.1. The molecule has 1 atom stereocenters. The lowest BCUT2D eigenvalue weighted by atomic mass is 9.87. The number of benzene rings is 3. The highest BCUT2D eigenvalue weighted by Gasteiger charge is 2.37. The van der Waals surface area contributed by atoms with Crippen LogP contribution >= 0.6 is 11.6 Å². The molecule has 2 amide bonds. The van der Waals surface area contributed by atoms with Crippen LogP contribution in [0.5, 0.6) is 0 Å². The first kappa shape index (κ1) is 35.2. The SMILES string of the molecule is Cn1nc2c(-c3cnn(COCC[Si](C)(C)C)c3F)cc(NC(=O)c3cc(F)cc(C(F)(F)F)c3)c3c2c1C(=O)NC3c1cc(F)ccc1Cl. The van der Waals surface area contributed by atoms with Crippen LogP contribution in [-0.4, -0.2) is 46.1 Å². The monoisotopic (exact) mass is 734 g/mol. The van der Waals surface area contributed by atoms with Gasteiger partial charge >= 0.3 is 6.18 Å². The van der Waals surface area contributed by atoms with E-state index in [4.69, 9.17) is 16.3 Å². The van der Waals surface area contributed by atoms with Gasteiger partial charge in [-0.15, -0.1) is 0 Å². The van der Waals surface area contributed by atoms with E-state index in [0.29, 0.717) is 18.7 Å². The largest absolute Gasteiger partial charge is 0.416 e. The van der Waals surface area contributed by atoms with Gasteiger partial charge in [0.05, 0.1) is 23.4 Å². The van der Waals surface area contributed by atoms with Gasteiger partial charge < -0.3 is 15.4 Å². The summed E-state index contributed by atoms with van der Waals surface area (Å²) >= 11 is 6.46. The highest BCUT2D eigenvalue weighted by atomic mass is 35.5. The maximum atomic E-state index is 16.0. The van der Waals surface area contributed by atoms with Crippen LogP contribution in [0.2, 0.25) is 30.7 Å². The predicted octanol–water partition coefficient (Wildman–Crippen LogP) is 7.92. The first-order chi connectivity index (χ1) is 23.4. The number of carbonyl (C=O) groups excluding carboxylic acids is 2. The third kappa shape index (κ3) is 6.74. The van der Waals surface area contributed by atoms with Crippen molar-refractivity contribution in [3.05, 3.63) is 99.2 Å². The molecular formula is C33H29ClF6N6O3Si. The van der Waals surface area contributed by atoms with Crippen molar-refractivity contribution in [3.63, 3.8) is 0 Å². The van der Waals surface area contributed by atoms with Crippen LogP contribution in [0.15, 0.2) is 48.7 Å². The molecule has 3 aromatic carbocycles. The van der Waals surface area contributed by atoms with Gasteiger partial charge in [0.15, 0.2) is 0 Å². The summed E-state index contributed by atoms with van der Waals surface area (Å²) in [6.45, 7) is 6.68. The lowest BCUT2D eigenvalue weighted by Gasteiger charge is -2.28. The van der Waals surface area contributed by atoms with Crippen molar-refractivity contribution >= 4 is 48.1 Å². The number of aryl methyl sites for hydroxylation is 1. The van der Waals surface area contributed by atoms with Crippen LogP contribution in [0.25, 0.3) is 22.0 Å². The summed E-state index contributed by atoms with van der Waals surface area (Å²) in [5.41, 5.74) is -1.94. The molecule has 1 unspecified atom stereocenters. The highest BCUT2D eigenvalue weighted by molar-refractivity contribution is 6.76. The molecule has 5 aromatic rings. The molecule has 3 heterocycles. The van der Waals surface area contributed by atoms with Crippen molar-refractivity contribution in [2.75, 3.05) is 11.9 Å². The zero-order valence-corrected chi connectivity index (χ0v) is 28.7. The standard InChI is InChI=1S/C33H29ClF6N6O3Si/c1-45-29-26-25(27(43-32(29)48)21-12-18(35)5-6-23(21)34)24(42-31(47)16-9-17(33(38,39)40)11-19(36)10-16)13-20(28(26)44-45)22-14-41-46(30(22)37)15-49-7-8-50(2,3)4/h5-6,9-14,27H,7-8,15H2,1-4H3,(H,42,47)(H,43,48).